The fourth-order valence-electron chi connectivity index (χ4n) is 1.94. The van der Waals surface area contributed by atoms with E-state index in [1.165, 1.54) is 23.5 Å². The molecule has 0 spiro atoms. The molecule has 22 heavy (non-hydrogen) atoms. The van der Waals surface area contributed by atoms with E-state index >= 15 is 0 Å². The number of hydrogen-bond donors (Lipinski definition) is 0. The van der Waals surface area contributed by atoms with Gasteiger partial charge in [0.2, 0.25) is 5.91 Å². The van der Waals surface area contributed by atoms with Crippen molar-refractivity contribution in [1.29, 1.82) is 0 Å². The van der Waals surface area contributed by atoms with Crippen LogP contribution in [0.1, 0.15) is 19.4 Å². The van der Waals surface area contributed by atoms with E-state index in [0.29, 0.717) is 28.1 Å². The lowest BCUT2D eigenvalue weighted by Crippen LogP contribution is -2.32. The first-order valence-corrected chi connectivity index (χ1v) is 8.92. The van der Waals surface area contributed by atoms with E-state index in [1.807, 2.05) is 50.3 Å². The summed E-state index contributed by atoms with van der Waals surface area (Å²) in [5.41, 5.74) is 0.971. The molecule has 0 fully saturated rings. The average molecular weight is 334 g/mol. The largest absolute Gasteiger partial charge is 0.343 e. The van der Waals surface area contributed by atoms with Crippen LogP contribution in [0.5, 0.6) is 0 Å². The minimum absolute atomic E-state index is 0.0752. The third kappa shape index (κ3) is 4.48. The minimum Gasteiger partial charge on any atom is -0.343 e. The van der Waals surface area contributed by atoms with Crippen LogP contribution in [-0.4, -0.2) is 39.9 Å². The monoisotopic (exact) mass is 334 g/mol. The SMILES string of the molecule is CCN(CC)C(=O)CSC1=NC(=O)/C(=C\c2ccccc2)S1. The van der Waals surface area contributed by atoms with Gasteiger partial charge in [0.15, 0.2) is 0 Å². The maximum atomic E-state index is 12.0. The van der Waals surface area contributed by atoms with E-state index in [2.05, 4.69) is 4.99 Å². The van der Waals surface area contributed by atoms with Crippen molar-refractivity contribution < 1.29 is 9.59 Å². The van der Waals surface area contributed by atoms with Crippen molar-refractivity contribution >= 4 is 45.8 Å². The molecule has 1 heterocycles. The quantitative estimate of drug-likeness (QED) is 0.776. The molecule has 1 aliphatic rings. The standard InChI is InChI=1S/C16H18N2O2S2/c1-3-18(4-2)14(19)11-21-16-17-15(20)13(22-16)10-12-8-6-5-7-9-12/h5-10H,3-4,11H2,1-2H3/b13-10+. The van der Waals surface area contributed by atoms with Crippen LogP contribution in [0.3, 0.4) is 0 Å². The highest BCUT2D eigenvalue weighted by atomic mass is 32.2. The predicted octanol–water partition coefficient (Wildman–Crippen LogP) is 3.26. The highest BCUT2D eigenvalue weighted by Crippen LogP contribution is 2.33. The third-order valence-electron chi connectivity index (χ3n) is 3.13. The summed E-state index contributed by atoms with van der Waals surface area (Å²) >= 11 is 2.67. The summed E-state index contributed by atoms with van der Waals surface area (Å²) in [6.45, 7) is 5.32. The zero-order valence-corrected chi connectivity index (χ0v) is 14.2. The van der Waals surface area contributed by atoms with Gasteiger partial charge in [0, 0.05) is 13.1 Å². The van der Waals surface area contributed by atoms with Crippen molar-refractivity contribution in [3.63, 3.8) is 0 Å². The molecule has 1 aliphatic heterocycles. The Bertz CT molecular complexity index is 608. The number of hydrogen-bond acceptors (Lipinski definition) is 4. The average Bonchev–Trinajstić information content (AvgIpc) is 2.87. The van der Waals surface area contributed by atoms with Crippen LogP contribution < -0.4 is 0 Å². The molecule has 4 nitrogen and oxygen atoms in total. The fraction of sp³-hybridized carbons (Fsp3) is 0.312. The van der Waals surface area contributed by atoms with Crippen molar-refractivity contribution in [2.75, 3.05) is 18.8 Å². The summed E-state index contributed by atoms with van der Waals surface area (Å²) < 4.78 is 0.646. The van der Waals surface area contributed by atoms with Crippen LogP contribution >= 0.6 is 23.5 Å². The Morgan fingerprint density at radius 3 is 2.59 bits per heavy atom. The van der Waals surface area contributed by atoms with E-state index in [4.69, 9.17) is 0 Å². The van der Waals surface area contributed by atoms with Crippen LogP contribution in [0.15, 0.2) is 40.2 Å². The number of carbonyl (C=O) groups is 2. The van der Waals surface area contributed by atoms with Crippen LogP contribution in [-0.2, 0) is 9.59 Å². The van der Waals surface area contributed by atoms with E-state index in [0.717, 1.165) is 5.56 Å². The van der Waals surface area contributed by atoms with E-state index in [1.54, 1.807) is 4.90 Å². The molecular formula is C16H18N2O2S2. The molecule has 0 saturated heterocycles. The van der Waals surface area contributed by atoms with E-state index < -0.39 is 0 Å². The molecule has 0 aliphatic carbocycles. The van der Waals surface area contributed by atoms with E-state index in [-0.39, 0.29) is 11.8 Å². The number of nitrogens with zero attached hydrogens (tertiary/aromatic N) is 2. The van der Waals surface area contributed by atoms with Crippen LogP contribution in [0.25, 0.3) is 6.08 Å². The molecule has 2 rings (SSSR count). The first kappa shape index (κ1) is 16.8. The molecule has 0 N–H and O–H groups in total. The van der Waals surface area contributed by atoms with Crippen LogP contribution in [0.4, 0.5) is 0 Å². The van der Waals surface area contributed by atoms with Crippen molar-refractivity contribution in [3.05, 3.63) is 40.8 Å². The number of carbonyl (C=O) groups excluding carboxylic acids is 2. The second-order valence-corrected chi connectivity index (χ2v) is 6.81. The van der Waals surface area contributed by atoms with Gasteiger partial charge in [-0.15, -0.1) is 0 Å². The maximum absolute atomic E-state index is 12.0. The Balaban J connectivity index is 1.93. The van der Waals surface area contributed by atoms with Gasteiger partial charge in [-0.05, 0) is 25.5 Å². The Morgan fingerprint density at radius 2 is 1.95 bits per heavy atom. The molecule has 0 radical (unpaired) electrons. The molecule has 0 atom stereocenters. The van der Waals surface area contributed by atoms with Crippen molar-refractivity contribution in [1.82, 2.24) is 4.90 Å². The Morgan fingerprint density at radius 1 is 1.27 bits per heavy atom. The first-order chi connectivity index (χ1) is 10.6. The number of benzene rings is 1. The van der Waals surface area contributed by atoms with Crippen LogP contribution in [0.2, 0.25) is 0 Å². The van der Waals surface area contributed by atoms with Gasteiger partial charge in [0.1, 0.15) is 4.38 Å². The second-order valence-electron chi connectivity index (χ2n) is 4.56. The van der Waals surface area contributed by atoms with Gasteiger partial charge in [0.05, 0.1) is 10.7 Å². The molecule has 0 unspecified atom stereocenters. The highest BCUT2D eigenvalue weighted by Gasteiger charge is 2.23. The zero-order valence-electron chi connectivity index (χ0n) is 12.6. The van der Waals surface area contributed by atoms with E-state index in [9.17, 15) is 9.59 Å². The molecular weight excluding hydrogens is 316 g/mol. The lowest BCUT2D eigenvalue weighted by atomic mass is 10.2. The van der Waals surface area contributed by atoms with Gasteiger partial charge in [-0.25, -0.2) is 0 Å². The molecule has 2 amide bonds. The molecule has 1 aromatic carbocycles. The van der Waals surface area contributed by atoms with Crippen LogP contribution in [0, 0.1) is 0 Å². The van der Waals surface area contributed by atoms with Gasteiger partial charge in [-0.2, -0.15) is 4.99 Å². The van der Waals surface area contributed by atoms with Gasteiger partial charge in [-0.3, -0.25) is 9.59 Å². The molecule has 116 valence electrons. The molecule has 0 bridgehead atoms. The summed E-state index contributed by atoms with van der Waals surface area (Å²) in [4.78, 5) is 30.2. The Hall–Kier alpha value is -1.53. The normalized spacial score (nSPS) is 16.0. The topological polar surface area (TPSA) is 49.7 Å². The van der Waals surface area contributed by atoms with Crippen molar-refractivity contribution in [3.8, 4) is 0 Å². The highest BCUT2D eigenvalue weighted by molar-refractivity contribution is 8.41. The van der Waals surface area contributed by atoms with Crippen molar-refractivity contribution in [2.24, 2.45) is 4.99 Å². The van der Waals surface area contributed by atoms with Gasteiger partial charge in [0.25, 0.3) is 5.91 Å². The molecule has 1 aromatic rings. The first-order valence-electron chi connectivity index (χ1n) is 7.12. The predicted molar refractivity (Wildman–Crippen MR) is 94.8 cm³/mol. The summed E-state index contributed by atoms with van der Waals surface area (Å²) in [5.74, 6) is 0.164. The number of aliphatic imine (C=N–C) groups is 1. The van der Waals surface area contributed by atoms with Gasteiger partial charge < -0.3 is 4.90 Å². The molecule has 0 saturated carbocycles. The van der Waals surface area contributed by atoms with Crippen molar-refractivity contribution in [2.45, 2.75) is 13.8 Å². The lowest BCUT2D eigenvalue weighted by molar-refractivity contribution is -0.128. The van der Waals surface area contributed by atoms with Gasteiger partial charge >= 0.3 is 0 Å². The third-order valence-corrected chi connectivity index (χ3v) is 5.24. The molecule has 6 heteroatoms. The van der Waals surface area contributed by atoms with Gasteiger partial charge in [-0.1, -0.05) is 53.9 Å². The Kier molecular flexibility index (Phi) is 6.27. The summed E-state index contributed by atoms with van der Waals surface area (Å²) in [6.07, 6.45) is 1.83. The second kappa shape index (κ2) is 8.19. The number of rotatable bonds is 5. The number of thioether (sulfide) groups is 2. The maximum Gasteiger partial charge on any atom is 0.285 e. The minimum atomic E-state index is -0.230. The zero-order chi connectivity index (χ0) is 15.9. The smallest absolute Gasteiger partial charge is 0.285 e. The fourth-order valence-corrected chi connectivity index (χ4v) is 3.85. The summed E-state index contributed by atoms with van der Waals surface area (Å²) in [7, 11) is 0. The number of amides is 2. The molecule has 0 aromatic heterocycles. The summed E-state index contributed by atoms with van der Waals surface area (Å²) in [6, 6.07) is 9.67. The summed E-state index contributed by atoms with van der Waals surface area (Å²) in [5, 5.41) is 0. The Labute approximate surface area is 139 Å². The lowest BCUT2D eigenvalue weighted by Gasteiger charge is -2.17.